The van der Waals surface area contributed by atoms with Crippen molar-refractivity contribution in [3.63, 3.8) is 0 Å². The quantitative estimate of drug-likeness (QED) is 0.529. The van der Waals surface area contributed by atoms with E-state index in [2.05, 4.69) is 16.9 Å². The third-order valence-electron chi connectivity index (χ3n) is 4.21. The zero-order valence-electron chi connectivity index (χ0n) is 13.8. The second kappa shape index (κ2) is 5.30. The normalized spacial score (nSPS) is 11.5. The van der Waals surface area contributed by atoms with Crippen LogP contribution in [-0.4, -0.2) is 14.4 Å². The molecule has 0 bridgehead atoms. The van der Waals surface area contributed by atoms with Crippen LogP contribution in [0.3, 0.4) is 0 Å². The van der Waals surface area contributed by atoms with Gasteiger partial charge in [-0.3, -0.25) is 4.98 Å². The lowest BCUT2D eigenvalue weighted by Crippen LogP contribution is -2.03. The highest BCUT2D eigenvalue weighted by atomic mass is 16.4. The van der Waals surface area contributed by atoms with Crippen molar-refractivity contribution in [2.45, 2.75) is 27.2 Å². The Balaban J connectivity index is 1.94. The molecule has 4 rings (SSSR count). The molecule has 0 saturated heterocycles. The summed E-state index contributed by atoms with van der Waals surface area (Å²) in [6.07, 6.45) is 4.64. The zero-order chi connectivity index (χ0) is 16.8. The number of benzene rings is 1. The van der Waals surface area contributed by atoms with Crippen molar-refractivity contribution in [3.8, 4) is 11.3 Å². The van der Waals surface area contributed by atoms with Gasteiger partial charge in [0.25, 0.3) is 0 Å². The lowest BCUT2D eigenvalue weighted by atomic mass is 10.1. The molecule has 0 spiro atoms. The fourth-order valence-corrected chi connectivity index (χ4v) is 2.99. The van der Waals surface area contributed by atoms with Crippen LogP contribution in [0.1, 0.15) is 23.9 Å². The average molecular weight is 319 g/mol. The van der Waals surface area contributed by atoms with Crippen molar-refractivity contribution in [1.29, 1.82) is 0 Å². The van der Waals surface area contributed by atoms with E-state index in [0.717, 1.165) is 34.4 Å². The summed E-state index contributed by atoms with van der Waals surface area (Å²) in [6, 6.07) is 7.79. The number of nitrogens with zero attached hydrogens (tertiary/aromatic N) is 3. The van der Waals surface area contributed by atoms with E-state index in [1.807, 2.05) is 54.9 Å². The third kappa shape index (κ3) is 2.29. The van der Waals surface area contributed by atoms with Crippen molar-refractivity contribution in [3.05, 3.63) is 64.0 Å². The molecule has 0 aliphatic rings. The summed E-state index contributed by atoms with van der Waals surface area (Å²) in [5.41, 5.74) is 4.93. The van der Waals surface area contributed by atoms with Gasteiger partial charge < -0.3 is 8.82 Å². The van der Waals surface area contributed by atoms with Crippen molar-refractivity contribution < 1.29 is 4.42 Å². The van der Waals surface area contributed by atoms with Gasteiger partial charge in [0.05, 0.1) is 22.6 Å². The van der Waals surface area contributed by atoms with Gasteiger partial charge in [0, 0.05) is 17.8 Å². The van der Waals surface area contributed by atoms with Gasteiger partial charge in [-0.1, -0.05) is 19.1 Å². The molecule has 0 atom stereocenters. The van der Waals surface area contributed by atoms with E-state index in [9.17, 15) is 4.79 Å². The highest BCUT2D eigenvalue weighted by Crippen LogP contribution is 2.23. The van der Waals surface area contributed by atoms with Gasteiger partial charge in [-0.25, -0.2) is 9.78 Å². The Labute approximate surface area is 138 Å². The predicted octanol–water partition coefficient (Wildman–Crippen LogP) is 3.68. The molecule has 0 unspecified atom stereocenters. The van der Waals surface area contributed by atoms with Crippen molar-refractivity contribution in [1.82, 2.24) is 14.4 Å². The Kier molecular flexibility index (Phi) is 3.23. The fourth-order valence-electron chi connectivity index (χ4n) is 2.99. The van der Waals surface area contributed by atoms with Crippen LogP contribution in [0.2, 0.25) is 0 Å². The summed E-state index contributed by atoms with van der Waals surface area (Å²) in [5.74, 6) is 0. The minimum Gasteiger partial charge on any atom is -0.422 e. The standard InChI is InChI=1S/C19H17N3O2/c1-4-13-5-6-14-8-15(19(23)24-17(14)7-13)16-10-22-9-11(2)20-12(3)18(22)21-16/h5-10H,4H2,1-3H3. The minimum absolute atomic E-state index is 0.374. The summed E-state index contributed by atoms with van der Waals surface area (Å²) in [5, 5.41) is 0.893. The number of fused-ring (bicyclic) bond motifs is 2. The molecule has 0 amide bonds. The molecule has 0 aliphatic carbocycles. The van der Waals surface area contributed by atoms with Crippen LogP contribution in [0.25, 0.3) is 27.9 Å². The number of aryl methyl sites for hydroxylation is 3. The number of imidazole rings is 1. The monoisotopic (exact) mass is 319 g/mol. The molecular weight excluding hydrogens is 302 g/mol. The third-order valence-corrected chi connectivity index (χ3v) is 4.21. The highest BCUT2D eigenvalue weighted by Gasteiger charge is 2.13. The van der Waals surface area contributed by atoms with Gasteiger partial charge in [0.2, 0.25) is 0 Å². The minimum atomic E-state index is -0.374. The van der Waals surface area contributed by atoms with Crippen LogP contribution in [0.4, 0.5) is 0 Å². The molecule has 3 heterocycles. The molecule has 5 heteroatoms. The first-order chi connectivity index (χ1) is 11.5. The van der Waals surface area contributed by atoms with E-state index in [4.69, 9.17) is 4.42 Å². The SMILES string of the molecule is CCc1ccc2cc(-c3cn4cc(C)nc(C)c4n3)c(=O)oc2c1. The van der Waals surface area contributed by atoms with E-state index >= 15 is 0 Å². The average Bonchev–Trinajstić information content (AvgIpc) is 2.97. The van der Waals surface area contributed by atoms with Crippen molar-refractivity contribution >= 4 is 16.6 Å². The fraction of sp³-hybridized carbons (Fsp3) is 0.211. The van der Waals surface area contributed by atoms with Crippen molar-refractivity contribution in [2.75, 3.05) is 0 Å². The zero-order valence-corrected chi connectivity index (χ0v) is 13.8. The van der Waals surface area contributed by atoms with E-state index in [1.54, 1.807) is 0 Å². The molecule has 0 saturated carbocycles. The second-order valence-electron chi connectivity index (χ2n) is 6.00. The van der Waals surface area contributed by atoms with Crippen LogP contribution < -0.4 is 5.63 Å². The second-order valence-corrected chi connectivity index (χ2v) is 6.00. The first kappa shape index (κ1) is 14.6. The van der Waals surface area contributed by atoms with Crippen molar-refractivity contribution in [2.24, 2.45) is 0 Å². The van der Waals surface area contributed by atoms with E-state index in [0.29, 0.717) is 16.8 Å². The van der Waals surface area contributed by atoms with E-state index in [1.165, 1.54) is 0 Å². The summed E-state index contributed by atoms with van der Waals surface area (Å²) >= 11 is 0. The number of hydrogen-bond acceptors (Lipinski definition) is 4. The molecule has 0 N–H and O–H groups in total. The maximum Gasteiger partial charge on any atom is 0.345 e. The van der Waals surface area contributed by atoms with Gasteiger partial charge in [-0.15, -0.1) is 0 Å². The van der Waals surface area contributed by atoms with Gasteiger partial charge >= 0.3 is 5.63 Å². The molecule has 0 radical (unpaired) electrons. The lowest BCUT2D eigenvalue weighted by molar-refractivity contribution is 0.563. The molecule has 1 aromatic carbocycles. The van der Waals surface area contributed by atoms with E-state index < -0.39 is 0 Å². The van der Waals surface area contributed by atoms with Gasteiger partial charge in [0.1, 0.15) is 5.58 Å². The van der Waals surface area contributed by atoms with Crippen LogP contribution in [0, 0.1) is 13.8 Å². The predicted molar refractivity (Wildman–Crippen MR) is 93.3 cm³/mol. The summed E-state index contributed by atoms with van der Waals surface area (Å²) in [7, 11) is 0. The Bertz CT molecular complexity index is 1140. The number of rotatable bonds is 2. The number of aromatic nitrogens is 3. The summed E-state index contributed by atoms with van der Waals surface area (Å²) < 4.78 is 7.42. The van der Waals surface area contributed by atoms with Gasteiger partial charge in [-0.2, -0.15) is 0 Å². The Morgan fingerprint density at radius 3 is 2.75 bits per heavy atom. The van der Waals surface area contributed by atoms with Crippen LogP contribution >= 0.6 is 0 Å². The lowest BCUT2D eigenvalue weighted by Gasteiger charge is -2.02. The largest absolute Gasteiger partial charge is 0.422 e. The molecule has 0 fully saturated rings. The molecule has 24 heavy (non-hydrogen) atoms. The van der Waals surface area contributed by atoms with Gasteiger partial charge in [0.15, 0.2) is 5.65 Å². The maximum atomic E-state index is 12.4. The molecule has 3 aromatic heterocycles. The first-order valence-electron chi connectivity index (χ1n) is 7.95. The summed E-state index contributed by atoms with van der Waals surface area (Å²) in [6.45, 7) is 5.92. The van der Waals surface area contributed by atoms with Crippen LogP contribution in [0.5, 0.6) is 0 Å². The topological polar surface area (TPSA) is 60.4 Å². The Morgan fingerprint density at radius 1 is 1.12 bits per heavy atom. The first-order valence-corrected chi connectivity index (χ1v) is 7.95. The molecule has 4 aromatic rings. The van der Waals surface area contributed by atoms with Crippen LogP contribution in [0.15, 0.2) is 45.9 Å². The van der Waals surface area contributed by atoms with E-state index in [-0.39, 0.29) is 5.63 Å². The van der Waals surface area contributed by atoms with Gasteiger partial charge in [-0.05, 0) is 38.0 Å². The molecule has 5 nitrogen and oxygen atoms in total. The maximum absolute atomic E-state index is 12.4. The Hall–Kier alpha value is -2.95. The number of hydrogen-bond donors (Lipinski definition) is 0. The molecule has 120 valence electrons. The van der Waals surface area contributed by atoms with Crippen LogP contribution in [-0.2, 0) is 6.42 Å². The summed E-state index contributed by atoms with van der Waals surface area (Å²) in [4.78, 5) is 21.4. The molecular formula is C19H17N3O2. The molecule has 0 aliphatic heterocycles. The Morgan fingerprint density at radius 2 is 1.96 bits per heavy atom. The smallest absolute Gasteiger partial charge is 0.345 e. The highest BCUT2D eigenvalue weighted by molar-refractivity contribution is 5.81.